The van der Waals surface area contributed by atoms with Crippen molar-refractivity contribution in [1.82, 2.24) is 0 Å². The fourth-order valence-corrected chi connectivity index (χ4v) is 7.62. The molecule has 0 N–H and O–H groups in total. The first-order chi connectivity index (χ1) is 14.6. The highest BCUT2D eigenvalue weighted by Gasteiger charge is 2.60. The predicted octanol–water partition coefficient (Wildman–Crippen LogP) is 2.78. The third-order valence-electron chi connectivity index (χ3n) is 9.26. The van der Waals surface area contributed by atoms with Crippen molar-refractivity contribution in [3.63, 3.8) is 0 Å². The number of carboxylic acids is 1. The highest BCUT2D eigenvalue weighted by molar-refractivity contribution is 5.91. The summed E-state index contributed by atoms with van der Waals surface area (Å²) < 4.78 is 5.08. The van der Waals surface area contributed by atoms with E-state index in [-0.39, 0.29) is 47.8 Å². The highest BCUT2D eigenvalue weighted by Crippen LogP contribution is 2.66. The van der Waals surface area contributed by atoms with Crippen LogP contribution in [0.1, 0.15) is 78.1 Å². The normalized spacial score (nSPS) is 39.0. The van der Waals surface area contributed by atoms with Gasteiger partial charge in [0.05, 0.1) is 6.42 Å². The first-order valence-electron chi connectivity index (χ1n) is 11.8. The number of aliphatic carboxylic acids is 1. The maximum atomic E-state index is 13.0. The number of allylic oxidation sites excluding steroid dienone is 1. The van der Waals surface area contributed by atoms with E-state index in [2.05, 4.69) is 13.8 Å². The second-order valence-corrected chi connectivity index (χ2v) is 10.6. The van der Waals surface area contributed by atoms with Crippen LogP contribution in [0.5, 0.6) is 0 Å². The molecule has 3 fully saturated rings. The van der Waals surface area contributed by atoms with Crippen molar-refractivity contribution in [3.8, 4) is 0 Å². The Balaban J connectivity index is 1.43. The van der Waals surface area contributed by atoms with Gasteiger partial charge in [-0.1, -0.05) is 19.4 Å². The summed E-state index contributed by atoms with van der Waals surface area (Å²) in [5, 5.41) is 10.5. The molecule has 6 nitrogen and oxygen atoms in total. The van der Waals surface area contributed by atoms with Gasteiger partial charge >= 0.3 is 5.97 Å². The van der Waals surface area contributed by atoms with Gasteiger partial charge in [-0.2, -0.15) is 0 Å². The van der Waals surface area contributed by atoms with Crippen molar-refractivity contribution in [2.75, 3.05) is 6.61 Å². The smallest absolute Gasteiger partial charge is 0.306 e. The minimum Gasteiger partial charge on any atom is -0.550 e. The Kier molecular flexibility index (Phi) is 5.86. The van der Waals surface area contributed by atoms with E-state index in [4.69, 9.17) is 4.74 Å². The molecule has 0 aliphatic heterocycles. The van der Waals surface area contributed by atoms with Crippen molar-refractivity contribution in [3.05, 3.63) is 11.6 Å². The van der Waals surface area contributed by atoms with Crippen LogP contribution in [0.25, 0.3) is 0 Å². The molecule has 6 heteroatoms. The molecule has 0 bridgehead atoms. The van der Waals surface area contributed by atoms with E-state index in [1.807, 2.05) is 6.08 Å². The zero-order valence-electron chi connectivity index (χ0n) is 18.6. The second kappa shape index (κ2) is 8.18. The van der Waals surface area contributed by atoms with E-state index in [0.717, 1.165) is 44.9 Å². The standard InChI is InChI=1S/C25H34O6/c1-24-11-9-16(26)13-15(24)3-4-17-18-5-6-20(25(18,2)12-10-19(17)24)21(27)14-31-23(30)8-7-22(28)29/h13,17-20H,3-12,14H2,1-2H3,(H,28,29)/p-1/t17-,18+,19+,20-,24-,25+/m1/s1. The Morgan fingerprint density at radius 2 is 1.81 bits per heavy atom. The number of rotatable bonds is 6. The summed E-state index contributed by atoms with van der Waals surface area (Å²) in [6, 6.07) is 0. The third-order valence-corrected chi connectivity index (χ3v) is 9.26. The number of esters is 1. The fourth-order valence-electron chi connectivity index (χ4n) is 7.62. The van der Waals surface area contributed by atoms with Crippen molar-refractivity contribution < 1.29 is 29.0 Å². The van der Waals surface area contributed by atoms with Gasteiger partial charge in [-0.15, -0.1) is 0 Å². The van der Waals surface area contributed by atoms with Crippen LogP contribution in [0.2, 0.25) is 0 Å². The SMILES string of the molecule is C[C@]12CC[C@H]3[C@H](CCC4=CC(=O)CC[C@]43C)[C@@H]1CC[C@@H]2C(=O)COC(=O)CCC(=O)[O-]. The summed E-state index contributed by atoms with van der Waals surface area (Å²) in [5.74, 6) is -0.175. The van der Waals surface area contributed by atoms with Crippen molar-refractivity contribution >= 4 is 23.5 Å². The zero-order valence-corrected chi connectivity index (χ0v) is 18.6. The summed E-state index contributed by atoms with van der Waals surface area (Å²) in [6.45, 7) is 4.34. The van der Waals surface area contributed by atoms with Crippen LogP contribution in [0.15, 0.2) is 11.6 Å². The molecule has 0 heterocycles. The number of hydrogen-bond acceptors (Lipinski definition) is 6. The quantitative estimate of drug-likeness (QED) is 0.602. The molecule has 0 spiro atoms. The number of ether oxygens (including phenoxy) is 1. The average Bonchev–Trinajstić information content (AvgIpc) is 3.08. The Bertz CT molecular complexity index is 828. The van der Waals surface area contributed by atoms with Crippen LogP contribution in [-0.2, 0) is 23.9 Å². The highest BCUT2D eigenvalue weighted by atomic mass is 16.5. The predicted molar refractivity (Wildman–Crippen MR) is 110 cm³/mol. The number of fused-ring (bicyclic) bond motifs is 5. The van der Waals surface area contributed by atoms with Crippen LogP contribution in [0, 0.1) is 34.5 Å². The van der Waals surface area contributed by atoms with Gasteiger partial charge in [-0.3, -0.25) is 14.4 Å². The summed E-state index contributed by atoms with van der Waals surface area (Å²) in [4.78, 5) is 47.2. The Morgan fingerprint density at radius 1 is 1.03 bits per heavy atom. The topological polar surface area (TPSA) is 101 Å². The van der Waals surface area contributed by atoms with Crippen LogP contribution >= 0.6 is 0 Å². The average molecular weight is 430 g/mol. The van der Waals surface area contributed by atoms with E-state index >= 15 is 0 Å². The molecule has 31 heavy (non-hydrogen) atoms. The first kappa shape index (κ1) is 22.2. The number of carbonyl (C=O) groups is 4. The molecule has 0 radical (unpaired) electrons. The maximum absolute atomic E-state index is 13.0. The fraction of sp³-hybridized carbons (Fsp3) is 0.760. The van der Waals surface area contributed by atoms with Crippen LogP contribution in [0.3, 0.4) is 0 Å². The number of Topliss-reactive ketones (excluding diaryl/α,β-unsaturated/α-hetero) is 1. The molecule has 3 saturated carbocycles. The summed E-state index contributed by atoms with van der Waals surface area (Å²) >= 11 is 0. The van der Waals surface area contributed by atoms with E-state index in [9.17, 15) is 24.3 Å². The van der Waals surface area contributed by atoms with Gasteiger partial charge in [0.2, 0.25) is 0 Å². The Hall–Kier alpha value is -1.98. The van der Waals surface area contributed by atoms with Gasteiger partial charge in [0.1, 0.15) is 6.61 Å². The van der Waals surface area contributed by atoms with Gasteiger partial charge in [-0.25, -0.2) is 0 Å². The van der Waals surface area contributed by atoms with Crippen LogP contribution < -0.4 is 5.11 Å². The second-order valence-electron chi connectivity index (χ2n) is 10.6. The molecule has 0 aromatic carbocycles. The van der Waals surface area contributed by atoms with Gasteiger partial charge < -0.3 is 14.6 Å². The molecule has 0 saturated heterocycles. The summed E-state index contributed by atoms with van der Waals surface area (Å²) in [6.07, 6.45) is 8.88. The molecule has 0 amide bonds. The lowest BCUT2D eigenvalue weighted by Crippen LogP contribution is -2.51. The van der Waals surface area contributed by atoms with Crippen molar-refractivity contribution in [2.24, 2.45) is 34.5 Å². The molecule has 0 aromatic rings. The van der Waals surface area contributed by atoms with E-state index < -0.39 is 11.9 Å². The van der Waals surface area contributed by atoms with E-state index in [1.54, 1.807) is 0 Å². The number of carboxylic acid groups (broad SMARTS) is 1. The maximum Gasteiger partial charge on any atom is 0.306 e. The molecular weight excluding hydrogens is 396 g/mol. The molecule has 4 aliphatic rings. The van der Waals surface area contributed by atoms with Gasteiger partial charge in [0.25, 0.3) is 0 Å². The molecule has 6 atom stereocenters. The Labute approximate surface area is 183 Å². The molecule has 4 aliphatic carbocycles. The third kappa shape index (κ3) is 3.87. The van der Waals surface area contributed by atoms with Gasteiger partial charge in [-0.05, 0) is 86.0 Å². The molecular formula is C25H33O6-. The lowest BCUT2D eigenvalue weighted by Gasteiger charge is -2.58. The Morgan fingerprint density at radius 3 is 2.55 bits per heavy atom. The molecule has 0 aromatic heterocycles. The van der Waals surface area contributed by atoms with Crippen LogP contribution in [0.4, 0.5) is 0 Å². The monoisotopic (exact) mass is 429 g/mol. The largest absolute Gasteiger partial charge is 0.550 e. The zero-order chi connectivity index (χ0) is 22.4. The molecule has 170 valence electrons. The summed E-state index contributed by atoms with van der Waals surface area (Å²) in [7, 11) is 0. The first-order valence-corrected chi connectivity index (χ1v) is 11.8. The lowest BCUT2D eigenvalue weighted by molar-refractivity contribution is -0.305. The van der Waals surface area contributed by atoms with Gasteiger partial charge in [0.15, 0.2) is 11.6 Å². The number of hydrogen-bond donors (Lipinski definition) is 0. The summed E-state index contributed by atoms with van der Waals surface area (Å²) in [5.41, 5.74) is 1.40. The number of carbonyl (C=O) groups excluding carboxylic acids is 4. The number of ketones is 2. The van der Waals surface area contributed by atoms with E-state index in [0.29, 0.717) is 24.2 Å². The lowest BCUT2D eigenvalue weighted by atomic mass is 9.46. The minimum absolute atomic E-state index is 0.0314. The van der Waals surface area contributed by atoms with Crippen molar-refractivity contribution in [1.29, 1.82) is 0 Å². The van der Waals surface area contributed by atoms with Gasteiger partial charge in [0, 0.05) is 18.3 Å². The molecule has 4 rings (SSSR count). The van der Waals surface area contributed by atoms with E-state index in [1.165, 1.54) is 5.57 Å². The molecule has 0 unspecified atom stereocenters. The van der Waals surface area contributed by atoms with Crippen LogP contribution in [-0.4, -0.2) is 30.1 Å². The van der Waals surface area contributed by atoms with Crippen molar-refractivity contribution in [2.45, 2.75) is 78.1 Å². The minimum atomic E-state index is -1.30.